The molecule has 1 N–H and O–H groups in total. The highest BCUT2D eigenvalue weighted by Gasteiger charge is 2.08. The summed E-state index contributed by atoms with van der Waals surface area (Å²) in [5.74, 6) is 0.338. The molecule has 0 fully saturated rings. The number of carbonyl (C=O) groups is 1. The van der Waals surface area contributed by atoms with Crippen LogP contribution in [0.15, 0.2) is 54.7 Å². The molecule has 0 aliphatic heterocycles. The maximum Gasteiger partial charge on any atom is 0.258 e. The minimum Gasteiger partial charge on any atom is -0.307 e. The number of benzene rings is 1. The molecule has 3 rings (SSSR count). The molecule has 0 aliphatic carbocycles. The fourth-order valence-electron chi connectivity index (χ4n) is 2.00. The second-order valence-electron chi connectivity index (χ2n) is 4.54. The molecular weight excluding hydrogens is 250 g/mol. The molecule has 3 aromatic rings. The SMILES string of the molecule is Cc1cccc(NC(=O)c2cnc3ccccc3c2)n1. The molecule has 0 bridgehead atoms. The van der Waals surface area contributed by atoms with E-state index in [0.717, 1.165) is 16.6 Å². The normalized spacial score (nSPS) is 10.4. The predicted molar refractivity (Wildman–Crippen MR) is 78.7 cm³/mol. The Bertz CT molecular complexity index is 783. The molecule has 0 unspecified atom stereocenters. The Morgan fingerprint density at radius 1 is 1.10 bits per heavy atom. The lowest BCUT2D eigenvalue weighted by atomic mass is 10.1. The van der Waals surface area contributed by atoms with E-state index in [4.69, 9.17) is 0 Å². The van der Waals surface area contributed by atoms with Crippen LogP contribution in [0.4, 0.5) is 5.82 Å². The summed E-state index contributed by atoms with van der Waals surface area (Å²) in [6, 6.07) is 15.0. The Labute approximate surface area is 116 Å². The van der Waals surface area contributed by atoms with Gasteiger partial charge in [-0.3, -0.25) is 9.78 Å². The number of hydrogen-bond donors (Lipinski definition) is 1. The summed E-state index contributed by atoms with van der Waals surface area (Å²) in [6.45, 7) is 1.88. The summed E-state index contributed by atoms with van der Waals surface area (Å²) in [4.78, 5) is 20.7. The lowest BCUT2D eigenvalue weighted by molar-refractivity contribution is 0.102. The highest BCUT2D eigenvalue weighted by molar-refractivity contribution is 6.05. The summed E-state index contributed by atoms with van der Waals surface area (Å²) < 4.78 is 0. The fourth-order valence-corrected chi connectivity index (χ4v) is 2.00. The maximum atomic E-state index is 12.2. The first-order valence-electron chi connectivity index (χ1n) is 6.32. The maximum absolute atomic E-state index is 12.2. The van der Waals surface area contributed by atoms with Gasteiger partial charge in [-0.1, -0.05) is 24.3 Å². The first-order chi connectivity index (χ1) is 9.72. The molecule has 0 atom stereocenters. The zero-order valence-electron chi connectivity index (χ0n) is 11.0. The smallest absolute Gasteiger partial charge is 0.258 e. The van der Waals surface area contributed by atoms with Crippen molar-refractivity contribution >= 4 is 22.6 Å². The largest absolute Gasteiger partial charge is 0.307 e. The van der Waals surface area contributed by atoms with Gasteiger partial charge in [0.05, 0.1) is 11.1 Å². The Kier molecular flexibility index (Phi) is 3.13. The first kappa shape index (κ1) is 12.3. The molecule has 0 radical (unpaired) electrons. The average Bonchev–Trinajstić information content (AvgIpc) is 2.47. The van der Waals surface area contributed by atoms with Crippen molar-refractivity contribution in [2.45, 2.75) is 6.92 Å². The van der Waals surface area contributed by atoms with Crippen molar-refractivity contribution in [1.29, 1.82) is 0 Å². The van der Waals surface area contributed by atoms with Gasteiger partial charge in [-0.15, -0.1) is 0 Å². The molecule has 4 heteroatoms. The second-order valence-corrected chi connectivity index (χ2v) is 4.54. The van der Waals surface area contributed by atoms with Gasteiger partial charge in [0.15, 0.2) is 0 Å². The monoisotopic (exact) mass is 263 g/mol. The minimum atomic E-state index is -0.207. The van der Waals surface area contributed by atoms with Gasteiger partial charge in [0.25, 0.3) is 5.91 Å². The average molecular weight is 263 g/mol. The Morgan fingerprint density at radius 3 is 2.80 bits per heavy atom. The zero-order valence-corrected chi connectivity index (χ0v) is 11.0. The van der Waals surface area contributed by atoms with Gasteiger partial charge in [0.2, 0.25) is 0 Å². The van der Waals surface area contributed by atoms with Crippen molar-refractivity contribution < 1.29 is 4.79 Å². The second kappa shape index (κ2) is 5.09. The van der Waals surface area contributed by atoms with Gasteiger partial charge in [0.1, 0.15) is 5.82 Å². The summed E-state index contributed by atoms with van der Waals surface area (Å²) in [5, 5.41) is 3.72. The first-order valence-corrected chi connectivity index (χ1v) is 6.32. The summed E-state index contributed by atoms with van der Waals surface area (Å²) in [5.41, 5.74) is 2.25. The van der Waals surface area contributed by atoms with E-state index in [-0.39, 0.29) is 5.91 Å². The van der Waals surface area contributed by atoms with E-state index in [0.29, 0.717) is 11.4 Å². The van der Waals surface area contributed by atoms with Crippen LogP contribution >= 0.6 is 0 Å². The molecule has 2 aromatic heterocycles. The van der Waals surface area contributed by atoms with Gasteiger partial charge in [-0.05, 0) is 31.2 Å². The minimum absolute atomic E-state index is 0.207. The van der Waals surface area contributed by atoms with E-state index in [1.165, 1.54) is 0 Å². The van der Waals surface area contributed by atoms with Crippen LogP contribution in [0, 0.1) is 6.92 Å². The molecule has 0 saturated carbocycles. The van der Waals surface area contributed by atoms with E-state index in [1.807, 2.05) is 49.4 Å². The summed E-state index contributed by atoms with van der Waals surface area (Å²) in [6.07, 6.45) is 1.58. The molecule has 2 heterocycles. The van der Waals surface area contributed by atoms with Gasteiger partial charge in [-0.25, -0.2) is 4.98 Å². The number of nitrogens with one attached hydrogen (secondary N) is 1. The predicted octanol–water partition coefficient (Wildman–Crippen LogP) is 3.19. The molecular formula is C16H13N3O. The molecule has 98 valence electrons. The summed E-state index contributed by atoms with van der Waals surface area (Å²) in [7, 11) is 0. The number of carbonyl (C=O) groups excluding carboxylic acids is 1. The van der Waals surface area contributed by atoms with Crippen molar-refractivity contribution in [3.63, 3.8) is 0 Å². The van der Waals surface area contributed by atoms with Crippen molar-refractivity contribution in [2.75, 3.05) is 5.32 Å². The number of aryl methyl sites for hydroxylation is 1. The van der Waals surface area contributed by atoms with E-state index in [2.05, 4.69) is 15.3 Å². The van der Waals surface area contributed by atoms with E-state index < -0.39 is 0 Å². The van der Waals surface area contributed by atoms with Gasteiger partial charge in [0, 0.05) is 17.3 Å². The van der Waals surface area contributed by atoms with Crippen molar-refractivity contribution in [2.24, 2.45) is 0 Å². The zero-order chi connectivity index (χ0) is 13.9. The van der Waals surface area contributed by atoms with Crippen molar-refractivity contribution in [3.8, 4) is 0 Å². The number of aromatic nitrogens is 2. The van der Waals surface area contributed by atoms with E-state index in [9.17, 15) is 4.79 Å². The van der Waals surface area contributed by atoms with Crippen LogP contribution in [0.2, 0.25) is 0 Å². The Balaban J connectivity index is 1.88. The molecule has 4 nitrogen and oxygen atoms in total. The van der Waals surface area contributed by atoms with Gasteiger partial charge >= 0.3 is 0 Å². The number of pyridine rings is 2. The molecule has 1 amide bonds. The molecule has 1 aromatic carbocycles. The summed E-state index contributed by atoms with van der Waals surface area (Å²) >= 11 is 0. The number of hydrogen-bond acceptors (Lipinski definition) is 3. The molecule has 0 aliphatic rings. The van der Waals surface area contributed by atoms with E-state index in [1.54, 1.807) is 12.3 Å². The van der Waals surface area contributed by atoms with Crippen LogP contribution in [-0.2, 0) is 0 Å². The third-order valence-corrected chi connectivity index (χ3v) is 2.98. The van der Waals surface area contributed by atoms with Crippen LogP contribution in [0.1, 0.15) is 16.1 Å². The lowest BCUT2D eigenvalue weighted by Crippen LogP contribution is -2.13. The number of para-hydroxylation sites is 1. The third kappa shape index (κ3) is 2.49. The Morgan fingerprint density at radius 2 is 1.95 bits per heavy atom. The van der Waals surface area contributed by atoms with Gasteiger partial charge in [-0.2, -0.15) is 0 Å². The molecule has 0 spiro atoms. The van der Waals surface area contributed by atoms with Crippen LogP contribution in [0.25, 0.3) is 10.9 Å². The van der Waals surface area contributed by atoms with Crippen LogP contribution in [0.3, 0.4) is 0 Å². The van der Waals surface area contributed by atoms with Crippen molar-refractivity contribution in [3.05, 3.63) is 66.0 Å². The number of rotatable bonds is 2. The highest BCUT2D eigenvalue weighted by Crippen LogP contribution is 2.14. The fraction of sp³-hybridized carbons (Fsp3) is 0.0625. The topological polar surface area (TPSA) is 54.9 Å². The van der Waals surface area contributed by atoms with Crippen molar-refractivity contribution in [1.82, 2.24) is 9.97 Å². The molecule has 0 saturated heterocycles. The van der Waals surface area contributed by atoms with Crippen LogP contribution in [0.5, 0.6) is 0 Å². The number of nitrogens with zero attached hydrogens (tertiary/aromatic N) is 2. The number of anilines is 1. The number of fused-ring (bicyclic) bond motifs is 1. The third-order valence-electron chi connectivity index (χ3n) is 2.98. The van der Waals surface area contributed by atoms with Crippen LogP contribution in [-0.4, -0.2) is 15.9 Å². The molecule has 20 heavy (non-hydrogen) atoms. The van der Waals surface area contributed by atoms with Gasteiger partial charge < -0.3 is 5.32 Å². The lowest BCUT2D eigenvalue weighted by Gasteiger charge is -2.05. The quantitative estimate of drug-likeness (QED) is 0.772. The number of amides is 1. The standard InChI is InChI=1S/C16H13N3O/c1-11-5-4-8-15(18-11)19-16(20)13-9-12-6-2-3-7-14(12)17-10-13/h2-10H,1H3,(H,18,19,20). The van der Waals surface area contributed by atoms with E-state index >= 15 is 0 Å². The highest BCUT2D eigenvalue weighted by atomic mass is 16.1. The van der Waals surface area contributed by atoms with Crippen LogP contribution < -0.4 is 5.32 Å². The Hall–Kier alpha value is -2.75.